The van der Waals surface area contributed by atoms with Gasteiger partial charge in [-0.3, -0.25) is 4.79 Å². The third-order valence-corrected chi connectivity index (χ3v) is 3.62. The molecule has 1 heterocycles. The van der Waals surface area contributed by atoms with E-state index in [-0.39, 0.29) is 11.9 Å². The van der Waals surface area contributed by atoms with Gasteiger partial charge in [0.15, 0.2) is 6.29 Å². The second-order valence-corrected chi connectivity index (χ2v) is 5.63. The summed E-state index contributed by atoms with van der Waals surface area (Å²) >= 11 is 12.8. The lowest BCUT2D eigenvalue weighted by molar-refractivity contribution is -0.117. The van der Waals surface area contributed by atoms with Gasteiger partial charge in [-0.05, 0) is 13.0 Å². The van der Waals surface area contributed by atoms with Crippen molar-refractivity contribution in [3.63, 3.8) is 0 Å². The van der Waals surface area contributed by atoms with Crippen LogP contribution in [0.3, 0.4) is 0 Å². The molecule has 0 aliphatic rings. The number of hydrogen-bond acceptors (Lipinski definition) is 4. The molecule has 0 bridgehead atoms. The minimum absolute atomic E-state index is 0.299. The van der Waals surface area contributed by atoms with Gasteiger partial charge in [0.05, 0.1) is 15.9 Å². The van der Waals surface area contributed by atoms with E-state index in [4.69, 9.17) is 32.7 Å². The molecule has 1 rings (SSSR count). The molecule has 1 atom stereocenters. The van der Waals surface area contributed by atoms with Crippen LogP contribution in [0.1, 0.15) is 17.3 Å². The fourth-order valence-corrected chi connectivity index (χ4v) is 2.81. The van der Waals surface area contributed by atoms with E-state index in [1.807, 2.05) is 0 Å². The summed E-state index contributed by atoms with van der Waals surface area (Å²) in [5.41, 5.74) is 0.361. The van der Waals surface area contributed by atoms with Gasteiger partial charge >= 0.3 is 0 Å². The van der Waals surface area contributed by atoms with E-state index in [1.165, 1.54) is 20.3 Å². The number of methoxy groups -OCH3 is 2. The average Bonchev–Trinajstić information content (AvgIpc) is 2.59. The third-order valence-electron chi connectivity index (χ3n) is 2.13. The maximum absolute atomic E-state index is 11.9. The summed E-state index contributed by atoms with van der Waals surface area (Å²) in [5, 5.41) is 2.73. The number of rotatable bonds is 5. The molecule has 7 heteroatoms. The molecule has 0 aliphatic carbocycles. The summed E-state index contributed by atoms with van der Waals surface area (Å²) in [7, 11) is 3.01. The number of hydrogen-bond donors (Lipinski definition) is 1. The smallest absolute Gasteiger partial charge is 0.254 e. The van der Waals surface area contributed by atoms with Crippen molar-refractivity contribution < 1.29 is 14.3 Å². The zero-order valence-electron chi connectivity index (χ0n) is 9.62. The Kier molecular flexibility index (Phi) is 5.69. The number of nitrogens with one attached hydrogen (secondary N) is 1. The highest BCUT2D eigenvalue weighted by atomic mass is 35.5. The first-order valence-electron chi connectivity index (χ1n) is 4.80. The molecule has 96 valence electrons. The predicted molar refractivity (Wildman–Crippen MR) is 69.1 cm³/mol. The molecule has 4 nitrogen and oxygen atoms in total. The van der Waals surface area contributed by atoms with E-state index >= 15 is 0 Å². The summed E-state index contributed by atoms with van der Waals surface area (Å²) in [5.74, 6) is -0.301. The highest BCUT2D eigenvalue weighted by Crippen LogP contribution is 2.31. The zero-order valence-corrected chi connectivity index (χ0v) is 11.9. The number of ether oxygens (including phenoxy) is 2. The molecule has 0 saturated carbocycles. The van der Waals surface area contributed by atoms with Crippen LogP contribution in [-0.2, 0) is 9.47 Å². The van der Waals surface area contributed by atoms with E-state index in [0.717, 1.165) is 11.3 Å². The highest BCUT2D eigenvalue weighted by molar-refractivity contribution is 7.20. The molecule has 1 aromatic heterocycles. The largest absolute Gasteiger partial charge is 0.354 e. The Labute approximate surface area is 114 Å². The van der Waals surface area contributed by atoms with Crippen molar-refractivity contribution >= 4 is 40.4 Å². The molecule has 1 unspecified atom stereocenters. The molecule has 0 spiro atoms. The fourth-order valence-electron chi connectivity index (χ4n) is 1.35. The third kappa shape index (κ3) is 3.82. The monoisotopic (exact) mass is 297 g/mol. The van der Waals surface area contributed by atoms with Crippen molar-refractivity contribution in [3.05, 3.63) is 20.3 Å². The van der Waals surface area contributed by atoms with Gasteiger partial charge in [0, 0.05) is 14.2 Å². The van der Waals surface area contributed by atoms with Crippen LogP contribution >= 0.6 is 34.5 Å². The maximum Gasteiger partial charge on any atom is 0.254 e. The molecule has 0 radical (unpaired) electrons. The first-order valence-corrected chi connectivity index (χ1v) is 6.38. The molecule has 1 aromatic rings. The van der Waals surface area contributed by atoms with Gasteiger partial charge in [0.2, 0.25) is 0 Å². The summed E-state index contributed by atoms with van der Waals surface area (Å²) in [6.07, 6.45) is -0.508. The molecule has 0 fully saturated rings. The standard InChI is InChI=1S/C10H13Cl2NO3S/c1-5(10(15-2)16-3)13-9(14)6-4-7(11)17-8(6)12/h4-5,10H,1-3H3,(H,13,14). The van der Waals surface area contributed by atoms with Crippen molar-refractivity contribution in [1.29, 1.82) is 0 Å². The summed E-state index contributed by atoms with van der Waals surface area (Å²) in [6.45, 7) is 1.78. The lowest BCUT2D eigenvalue weighted by atomic mass is 10.2. The van der Waals surface area contributed by atoms with E-state index < -0.39 is 6.29 Å². The molecule has 17 heavy (non-hydrogen) atoms. The number of thiophene rings is 1. The van der Waals surface area contributed by atoms with Crippen molar-refractivity contribution in [3.8, 4) is 0 Å². The highest BCUT2D eigenvalue weighted by Gasteiger charge is 2.21. The lowest BCUT2D eigenvalue weighted by Gasteiger charge is -2.21. The van der Waals surface area contributed by atoms with E-state index in [1.54, 1.807) is 6.92 Å². The second kappa shape index (κ2) is 6.56. The molecule has 0 aromatic carbocycles. The quantitative estimate of drug-likeness (QED) is 0.850. The lowest BCUT2D eigenvalue weighted by Crippen LogP contribution is -2.42. The Morgan fingerprint density at radius 1 is 1.41 bits per heavy atom. The number of amides is 1. The van der Waals surface area contributed by atoms with Gasteiger partial charge in [0.1, 0.15) is 4.34 Å². The molecule has 1 N–H and O–H groups in total. The van der Waals surface area contributed by atoms with Crippen LogP contribution in [-0.4, -0.2) is 32.5 Å². The number of carbonyl (C=O) groups is 1. The van der Waals surface area contributed by atoms with Crippen LogP contribution in [0, 0.1) is 0 Å². The van der Waals surface area contributed by atoms with Crippen LogP contribution < -0.4 is 5.32 Å². The molecule has 1 amide bonds. The van der Waals surface area contributed by atoms with Gasteiger partial charge < -0.3 is 14.8 Å². The minimum Gasteiger partial charge on any atom is -0.354 e. The second-order valence-electron chi connectivity index (χ2n) is 3.34. The van der Waals surface area contributed by atoms with Gasteiger partial charge in [-0.1, -0.05) is 23.2 Å². The van der Waals surface area contributed by atoms with Crippen molar-refractivity contribution in [2.24, 2.45) is 0 Å². The molecule has 0 saturated heterocycles. The van der Waals surface area contributed by atoms with Crippen LogP contribution in [0.25, 0.3) is 0 Å². The first-order chi connectivity index (χ1) is 7.99. The Hall–Kier alpha value is -0.330. The fraction of sp³-hybridized carbons (Fsp3) is 0.500. The average molecular weight is 298 g/mol. The Balaban J connectivity index is 2.69. The summed E-state index contributed by atoms with van der Waals surface area (Å²) in [4.78, 5) is 11.9. The molecule has 0 aliphatic heterocycles. The van der Waals surface area contributed by atoms with Gasteiger partial charge in [0.25, 0.3) is 5.91 Å². The zero-order chi connectivity index (χ0) is 13.0. The number of halogens is 2. The minimum atomic E-state index is -0.508. The molecular formula is C10H13Cl2NO3S. The maximum atomic E-state index is 11.9. The van der Waals surface area contributed by atoms with Crippen molar-refractivity contribution in [2.45, 2.75) is 19.3 Å². The Bertz CT molecular complexity index is 393. The first kappa shape index (κ1) is 14.7. The van der Waals surface area contributed by atoms with Crippen LogP contribution in [0.15, 0.2) is 6.07 Å². The number of carbonyl (C=O) groups excluding carboxylic acids is 1. The SMILES string of the molecule is COC(OC)C(C)NC(=O)c1cc(Cl)sc1Cl. The summed E-state index contributed by atoms with van der Waals surface area (Å²) in [6, 6.07) is 1.23. The van der Waals surface area contributed by atoms with E-state index in [0.29, 0.717) is 14.2 Å². The van der Waals surface area contributed by atoms with Crippen molar-refractivity contribution in [1.82, 2.24) is 5.32 Å². The normalized spacial score (nSPS) is 12.8. The Morgan fingerprint density at radius 3 is 2.41 bits per heavy atom. The van der Waals surface area contributed by atoms with Gasteiger partial charge in [-0.15, -0.1) is 11.3 Å². The van der Waals surface area contributed by atoms with E-state index in [2.05, 4.69) is 5.32 Å². The summed E-state index contributed by atoms with van der Waals surface area (Å²) < 4.78 is 10.9. The van der Waals surface area contributed by atoms with Crippen LogP contribution in [0.2, 0.25) is 8.67 Å². The van der Waals surface area contributed by atoms with E-state index in [9.17, 15) is 4.79 Å². The van der Waals surface area contributed by atoms with Crippen molar-refractivity contribution in [2.75, 3.05) is 14.2 Å². The molecular weight excluding hydrogens is 285 g/mol. The Morgan fingerprint density at radius 2 is 2.00 bits per heavy atom. The van der Waals surface area contributed by atoms with Gasteiger partial charge in [-0.25, -0.2) is 0 Å². The van der Waals surface area contributed by atoms with Crippen LogP contribution in [0.5, 0.6) is 0 Å². The van der Waals surface area contributed by atoms with Crippen LogP contribution in [0.4, 0.5) is 0 Å². The van der Waals surface area contributed by atoms with Gasteiger partial charge in [-0.2, -0.15) is 0 Å². The predicted octanol–water partition coefficient (Wildman–Crippen LogP) is 2.79. The topological polar surface area (TPSA) is 47.6 Å².